The fourth-order valence-corrected chi connectivity index (χ4v) is 4.41. The highest BCUT2D eigenvalue weighted by atomic mass is 32.2. The molecular formula is C23H24O6S. The summed E-state index contributed by atoms with van der Waals surface area (Å²) in [7, 11) is 0. The van der Waals surface area contributed by atoms with E-state index in [1.807, 2.05) is 38.1 Å². The van der Waals surface area contributed by atoms with Gasteiger partial charge in [0.2, 0.25) is 0 Å². The number of thioether (sulfide) groups is 1. The van der Waals surface area contributed by atoms with E-state index in [-0.39, 0.29) is 11.9 Å². The highest BCUT2D eigenvalue weighted by Gasteiger charge is 2.40. The van der Waals surface area contributed by atoms with Gasteiger partial charge in [-0.05, 0) is 38.1 Å². The van der Waals surface area contributed by atoms with Crippen molar-refractivity contribution in [3.63, 3.8) is 0 Å². The first-order chi connectivity index (χ1) is 14.3. The lowest BCUT2D eigenvalue weighted by molar-refractivity contribution is -0.142. The first-order valence-electron chi connectivity index (χ1n) is 9.66. The van der Waals surface area contributed by atoms with Crippen molar-refractivity contribution in [2.75, 3.05) is 6.61 Å². The molecule has 3 atom stereocenters. The van der Waals surface area contributed by atoms with Crippen LogP contribution < -0.4 is 0 Å². The van der Waals surface area contributed by atoms with E-state index >= 15 is 0 Å². The normalized spacial score (nSPS) is 20.4. The highest BCUT2D eigenvalue weighted by molar-refractivity contribution is 8.00. The molecule has 0 saturated carbocycles. The molecule has 1 fully saturated rings. The number of carbonyl (C=O) groups excluding carboxylic acids is 3. The van der Waals surface area contributed by atoms with E-state index in [4.69, 9.17) is 14.2 Å². The van der Waals surface area contributed by atoms with Crippen LogP contribution >= 0.6 is 11.8 Å². The van der Waals surface area contributed by atoms with Crippen LogP contribution in [0.3, 0.4) is 0 Å². The van der Waals surface area contributed by atoms with Crippen LogP contribution in [0.4, 0.5) is 0 Å². The molecule has 2 aromatic rings. The monoisotopic (exact) mass is 428 g/mol. The van der Waals surface area contributed by atoms with Gasteiger partial charge >= 0.3 is 17.9 Å². The van der Waals surface area contributed by atoms with Crippen LogP contribution in [-0.2, 0) is 19.0 Å². The summed E-state index contributed by atoms with van der Waals surface area (Å²) in [6, 6.07) is 14.2. The summed E-state index contributed by atoms with van der Waals surface area (Å²) in [6.07, 6.45) is -0.201. The lowest BCUT2D eigenvalue weighted by Crippen LogP contribution is -2.29. The molecule has 0 spiro atoms. The third kappa shape index (κ3) is 5.86. The van der Waals surface area contributed by atoms with Gasteiger partial charge in [-0.25, -0.2) is 9.59 Å². The van der Waals surface area contributed by atoms with Gasteiger partial charge in [0.05, 0.1) is 16.4 Å². The summed E-state index contributed by atoms with van der Waals surface area (Å²) in [6.45, 7) is 5.25. The second-order valence-electron chi connectivity index (χ2n) is 7.22. The zero-order chi connectivity index (χ0) is 21.7. The number of ether oxygens (including phenoxy) is 3. The summed E-state index contributed by atoms with van der Waals surface area (Å²) in [5, 5.41) is -0.335. The maximum Gasteiger partial charge on any atom is 0.338 e. The summed E-state index contributed by atoms with van der Waals surface area (Å²) in [4.78, 5) is 36.2. The van der Waals surface area contributed by atoms with Crippen molar-refractivity contribution in [2.45, 2.75) is 44.0 Å². The number of hydrogen-bond donors (Lipinski definition) is 0. The Morgan fingerprint density at radius 1 is 0.867 bits per heavy atom. The Hall–Kier alpha value is -2.80. The average molecular weight is 429 g/mol. The van der Waals surface area contributed by atoms with Crippen LogP contribution in [0, 0.1) is 13.8 Å². The largest absolute Gasteiger partial charge is 0.461 e. The van der Waals surface area contributed by atoms with Gasteiger partial charge in [-0.2, -0.15) is 0 Å². The van der Waals surface area contributed by atoms with Crippen LogP contribution in [0.1, 0.15) is 45.2 Å². The minimum Gasteiger partial charge on any atom is -0.461 e. The quantitative estimate of drug-likeness (QED) is 0.507. The smallest absolute Gasteiger partial charge is 0.338 e. The van der Waals surface area contributed by atoms with E-state index in [0.29, 0.717) is 17.5 Å². The number of rotatable bonds is 6. The number of esters is 3. The maximum atomic E-state index is 12.5. The minimum absolute atomic E-state index is 0.0426. The number of hydrogen-bond acceptors (Lipinski definition) is 7. The van der Waals surface area contributed by atoms with E-state index < -0.39 is 29.4 Å². The molecule has 0 radical (unpaired) electrons. The number of aryl methyl sites for hydroxylation is 2. The third-order valence-electron chi connectivity index (χ3n) is 4.68. The second kappa shape index (κ2) is 9.80. The first-order valence-corrected chi connectivity index (χ1v) is 10.6. The Bertz CT molecular complexity index is 906. The lowest BCUT2D eigenvalue weighted by atomic mass is 10.1. The van der Waals surface area contributed by atoms with E-state index in [9.17, 15) is 14.4 Å². The Balaban J connectivity index is 1.65. The van der Waals surface area contributed by atoms with Gasteiger partial charge in [0.25, 0.3) is 0 Å². The van der Waals surface area contributed by atoms with Crippen molar-refractivity contribution >= 4 is 29.7 Å². The highest BCUT2D eigenvalue weighted by Crippen LogP contribution is 2.37. The van der Waals surface area contributed by atoms with Gasteiger partial charge in [-0.1, -0.05) is 35.4 Å². The molecule has 1 unspecified atom stereocenters. The van der Waals surface area contributed by atoms with Gasteiger partial charge in [0.15, 0.2) is 5.44 Å². The van der Waals surface area contributed by atoms with Crippen molar-refractivity contribution in [2.24, 2.45) is 0 Å². The summed E-state index contributed by atoms with van der Waals surface area (Å²) < 4.78 is 16.4. The summed E-state index contributed by atoms with van der Waals surface area (Å²) in [5.74, 6) is -1.32. The first kappa shape index (κ1) is 21.9. The predicted molar refractivity (Wildman–Crippen MR) is 113 cm³/mol. The molecular weight excluding hydrogens is 404 g/mol. The van der Waals surface area contributed by atoms with Crippen molar-refractivity contribution in [1.29, 1.82) is 0 Å². The van der Waals surface area contributed by atoms with Crippen LogP contribution in [0.5, 0.6) is 0 Å². The minimum atomic E-state index is -0.543. The van der Waals surface area contributed by atoms with Gasteiger partial charge in [0, 0.05) is 13.3 Å². The Morgan fingerprint density at radius 3 is 1.93 bits per heavy atom. The van der Waals surface area contributed by atoms with Crippen LogP contribution in [0.2, 0.25) is 0 Å². The number of benzene rings is 2. The molecule has 6 nitrogen and oxygen atoms in total. The van der Waals surface area contributed by atoms with Crippen LogP contribution in [0.15, 0.2) is 48.5 Å². The van der Waals surface area contributed by atoms with Crippen LogP contribution in [-0.4, -0.2) is 41.3 Å². The Kier molecular flexibility index (Phi) is 7.15. The summed E-state index contributed by atoms with van der Waals surface area (Å²) in [5.41, 5.74) is 2.52. The molecule has 0 aromatic heterocycles. The molecule has 7 heteroatoms. The molecule has 30 heavy (non-hydrogen) atoms. The molecule has 0 amide bonds. The van der Waals surface area contributed by atoms with Crippen molar-refractivity contribution in [3.05, 3.63) is 70.8 Å². The van der Waals surface area contributed by atoms with Crippen molar-refractivity contribution in [1.82, 2.24) is 0 Å². The molecule has 1 heterocycles. The Labute approximate surface area is 179 Å². The van der Waals surface area contributed by atoms with Gasteiger partial charge in [-0.15, -0.1) is 11.8 Å². The zero-order valence-corrected chi connectivity index (χ0v) is 17.9. The SMILES string of the molecule is CC(=O)OC1C[C@H](OC(=O)c2ccc(C)cc2)[C@H](COC(=O)c2ccc(C)cc2)S1. The Morgan fingerprint density at radius 2 is 1.40 bits per heavy atom. The maximum absolute atomic E-state index is 12.5. The van der Waals surface area contributed by atoms with Gasteiger partial charge in [-0.3, -0.25) is 4.79 Å². The third-order valence-corrected chi connectivity index (χ3v) is 6.06. The molecule has 158 valence electrons. The fraction of sp³-hybridized carbons (Fsp3) is 0.348. The standard InChI is InChI=1S/C23H24O6S/c1-14-4-8-17(9-5-14)22(25)27-13-20-19(12-21(30-20)28-16(3)24)29-23(26)18-10-6-15(2)7-11-18/h4-11,19-21H,12-13H2,1-3H3/t19-,20-,21?/m0/s1. The average Bonchev–Trinajstić information content (AvgIpc) is 3.07. The topological polar surface area (TPSA) is 78.9 Å². The zero-order valence-electron chi connectivity index (χ0n) is 17.1. The van der Waals surface area contributed by atoms with Crippen molar-refractivity contribution in [3.8, 4) is 0 Å². The van der Waals surface area contributed by atoms with Gasteiger partial charge < -0.3 is 14.2 Å². The molecule has 0 aliphatic carbocycles. The van der Waals surface area contributed by atoms with E-state index in [2.05, 4.69) is 0 Å². The lowest BCUT2D eigenvalue weighted by Gasteiger charge is -2.19. The van der Waals surface area contributed by atoms with E-state index in [1.54, 1.807) is 24.3 Å². The molecule has 0 N–H and O–H groups in total. The molecule has 3 rings (SSSR count). The number of carbonyl (C=O) groups is 3. The van der Waals surface area contributed by atoms with E-state index in [0.717, 1.165) is 11.1 Å². The second-order valence-corrected chi connectivity index (χ2v) is 8.63. The fourth-order valence-electron chi connectivity index (χ4n) is 3.04. The van der Waals surface area contributed by atoms with Crippen molar-refractivity contribution < 1.29 is 28.6 Å². The molecule has 2 aromatic carbocycles. The van der Waals surface area contributed by atoms with E-state index in [1.165, 1.54) is 18.7 Å². The van der Waals surface area contributed by atoms with Crippen LogP contribution in [0.25, 0.3) is 0 Å². The van der Waals surface area contributed by atoms with Gasteiger partial charge in [0.1, 0.15) is 12.7 Å². The molecule has 0 bridgehead atoms. The molecule has 1 aliphatic rings. The molecule has 1 saturated heterocycles. The predicted octanol–water partition coefficient (Wildman–Crippen LogP) is 4.08. The molecule has 1 aliphatic heterocycles. The summed E-state index contributed by atoms with van der Waals surface area (Å²) >= 11 is 1.33.